The minimum absolute atomic E-state index is 1.11. The number of pyridine rings is 1. The Morgan fingerprint density at radius 2 is 1.76 bits per heavy atom. The lowest BCUT2D eigenvalue weighted by Crippen LogP contribution is -1.77. The molecule has 0 aliphatic rings. The van der Waals surface area contributed by atoms with Crippen molar-refractivity contribution in [3.63, 3.8) is 0 Å². The monoisotopic (exact) mass is 235 g/mol. The molecule has 4 aromatic rings. The quantitative estimate of drug-likeness (QED) is 0.434. The highest BCUT2D eigenvalue weighted by molar-refractivity contribution is 7.26. The van der Waals surface area contributed by atoms with Gasteiger partial charge in [0.2, 0.25) is 0 Å². The Balaban J connectivity index is 2.38. The Kier molecular flexibility index (Phi) is 1.76. The highest BCUT2D eigenvalue weighted by atomic mass is 32.1. The fourth-order valence-electron chi connectivity index (χ4n) is 2.35. The molecule has 80 valence electrons. The molecule has 17 heavy (non-hydrogen) atoms. The molecular formula is C15H9NS. The second-order valence-corrected chi connectivity index (χ2v) is 5.20. The standard InChI is InChI=1S/C15H9NS/c1-2-6-12-11(5-1)14-13(17-12)8-7-10-4-3-9-16-15(10)14/h1-9H. The topological polar surface area (TPSA) is 12.9 Å². The molecule has 2 heterocycles. The second-order valence-electron chi connectivity index (χ2n) is 4.11. The molecule has 0 saturated heterocycles. The van der Waals surface area contributed by atoms with Crippen molar-refractivity contribution in [2.24, 2.45) is 0 Å². The summed E-state index contributed by atoms with van der Waals surface area (Å²) in [6.07, 6.45) is 1.87. The van der Waals surface area contributed by atoms with Crippen LogP contribution in [0.4, 0.5) is 0 Å². The van der Waals surface area contributed by atoms with Gasteiger partial charge in [-0.05, 0) is 18.2 Å². The maximum Gasteiger partial charge on any atom is 0.0795 e. The minimum Gasteiger partial charge on any atom is -0.256 e. The summed E-state index contributed by atoms with van der Waals surface area (Å²) in [6, 6.07) is 17.0. The summed E-state index contributed by atoms with van der Waals surface area (Å²) >= 11 is 1.84. The summed E-state index contributed by atoms with van der Waals surface area (Å²) in [4.78, 5) is 4.54. The number of nitrogens with zero attached hydrogens (tertiary/aromatic N) is 1. The molecule has 2 heteroatoms. The van der Waals surface area contributed by atoms with Crippen molar-refractivity contribution >= 4 is 42.4 Å². The van der Waals surface area contributed by atoms with E-state index in [1.165, 1.54) is 25.6 Å². The first kappa shape index (κ1) is 9.14. The largest absolute Gasteiger partial charge is 0.256 e. The number of aromatic nitrogens is 1. The van der Waals surface area contributed by atoms with Crippen molar-refractivity contribution in [3.8, 4) is 0 Å². The first-order valence-electron chi connectivity index (χ1n) is 5.58. The van der Waals surface area contributed by atoms with Crippen LogP contribution in [-0.4, -0.2) is 4.98 Å². The van der Waals surface area contributed by atoms with Crippen LogP contribution in [0.5, 0.6) is 0 Å². The first-order valence-corrected chi connectivity index (χ1v) is 6.40. The molecule has 2 aromatic heterocycles. The number of thiophene rings is 1. The van der Waals surface area contributed by atoms with E-state index in [2.05, 4.69) is 47.4 Å². The van der Waals surface area contributed by atoms with Crippen LogP contribution in [0.1, 0.15) is 0 Å². The van der Waals surface area contributed by atoms with Gasteiger partial charge in [0.1, 0.15) is 0 Å². The van der Waals surface area contributed by atoms with Gasteiger partial charge in [-0.1, -0.05) is 30.3 Å². The van der Waals surface area contributed by atoms with Gasteiger partial charge in [0.25, 0.3) is 0 Å². The Morgan fingerprint density at radius 3 is 2.76 bits per heavy atom. The molecule has 0 aliphatic heterocycles. The smallest absolute Gasteiger partial charge is 0.0795 e. The van der Waals surface area contributed by atoms with Crippen LogP contribution >= 0.6 is 11.3 Å². The summed E-state index contributed by atoms with van der Waals surface area (Å²) in [5.74, 6) is 0. The number of hydrogen-bond donors (Lipinski definition) is 0. The van der Waals surface area contributed by atoms with E-state index in [-0.39, 0.29) is 0 Å². The van der Waals surface area contributed by atoms with Gasteiger partial charge in [0.15, 0.2) is 0 Å². The highest BCUT2D eigenvalue weighted by Crippen LogP contribution is 2.37. The predicted molar refractivity (Wildman–Crippen MR) is 74.6 cm³/mol. The summed E-state index contributed by atoms with van der Waals surface area (Å²) in [6.45, 7) is 0. The number of rotatable bonds is 0. The van der Waals surface area contributed by atoms with E-state index in [9.17, 15) is 0 Å². The predicted octanol–water partition coefficient (Wildman–Crippen LogP) is 4.60. The van der Waals surface area contributed by atoms with Crippen molar-refractivity contribution < 1.29 is 0 Å². The molecule has 0 radical (unpaired) electrons. The molecule has 0 atom stereocenters. The fourth-order valence-corrected chi connectivity index (χ4v) is 3.46. The second kappa shape index (κ2) is 3.28. The summed E-state index contributed by atoms with van der Waals surface area (Å²) < 4.78 is 2.65. The summed E-state index contributed by atoms with van der Waals surface area (Å²) in [7, 11) is 0. The minimum atomic E-state index is 1.11. The SMILES string of the molecule is c1cnc2c(c1)ccc1sc3ccccc3c12. The molecule has 2 aromatic carbocycles. The molecule has 0 bridgehead atoms. The average molecular weight is 235 g/mol. The van der Waals surface area contributed by atoms with Gasteiger partial charge in [-0.3, -0.25) is 4.98 Å². The van der Waals surface area contributed by atoms with Crippen LogP contribution in [0.15, 0.2) is 54.7 Å². The van der Waals surface area contributed by atoms with E-state index in [0.717, 1.165) is 5.52 Å². The first-order chi connectivity index (χ1) is 8.43. The lowest BCUT2D eigenvalue weighted by Gasteiger charge is -1.98. The van der Waals surface area contributed by atoms with Crippen LogP contribution < -0.4 is 0 Å². The Morgan fingerprint density at radius 1 is 0.824 bits per heavy atom. The van der Waals surface area contributed by atoms with Crippen molar-refractivity contribution in [1.29, 1.82) is 0 Å². The average Bonchev–Trinajstić information content (AvgIpc) is 2.77. The third-order valence-electron chi connectivity index (χ3n) is 3.11. The highest BCUT2D eigenvalue weighted by Gasteiger charge is 2.08. The zero-order valence-electron chi connectivity index (χ0n) is 9.05. The molecule has 0 amide bonds. The third-order valence-corrected chi connectivity index (χ3v) is 4.25. The Hall–Kier alpha value is -1.93. The molecule has 0 fully saturated rings. The van der Waals surface area contributed by atoms with Crippen molar-refractivity contribution in [2.75, 3.05) is 0 Å². The van der Waals surface area contributed by atoms with Gasteiger partial charge in [-0.15, -0.1) is 11.3 Å². The Bertz CT molecular complexity index is 839. The molecule has 0 aliphatic carbocycles. The van der Waals surface area contributed by atoms with Crippen LogP contribution in [0.3, 0.4) is 0 Å². The normalized spacial score (nSPS) is 11.5. The molecule has 0 unspecified atom stereocenters. The van der Waals surface area contributed by atoms with Crippen LogP contribution in [0.2, 0.25) is 0 Å². The van der Waals surface area contributed by atoms with Crippen molar-refractivity contribution in [3.05, 3.63) is 54.7 Å². The van der Waals surface area contributed by atoms with Crippen molar-refractivity contribution in [1.82, 2.24) is 4.98 Å². The maximum atomic E-state index is 4.54. The zero-order valence-corrected chi connectivity index (χ0v) is 9.87. The molecule has 0 spiro atoms. The molecule has 4 rings (SSSR count). The van der Waals surface area contributed by atoms with Crippen LogP contribution in [0, 0.1) is 0 Å². The van der Waals surface area contributed by atoms with E-state index in [0.29, 0.717) is 0 Å². The zero-order chi connectivity index (χ0) is 11.2. The number of hydrogen-bond acceptors (Lipinski definition) is 2. The van der Waals surface area contributed by atoms with Gasteiger partial charge in [0, 0.05) is 31.8 Å². The fraction of sp³-hybridized carbons (Fsp3) is 0. The third kappa shape index (κ3) is 1.22. The van der Waals surface area contributed by atoms with Gasteiger partial charge >= 0.3 is 0 Å². The summed E-state index contributed by atoms with van der Waals surface area (Å²) in [5, 5.41) is 3.82. The molecular weight excluding hydrogens is 226 g/mol. The lowest BCUT2D eigenvalue weighted by molar-refractivity contribution is 1.43. The molecule has 0 saturated carbocycles. The van der Waals surface area contributed by atoms with E-state index < -0.39 is 0 Å². The van der Waals surface area contributed by atoms with E-state index in [1.54, 1.807) is 0 Å². The van der Waals surface area contributed by atoms with Gasteiger partial charge in [-0.2, -0.15) is 0 Å². The van der Waals surface area contributed by atoms with E-state index in [4.69, 9.17) is 0 Å². The maximum absolute atomic E-state index is 4.54. The van der Waals surface area contributed by atoms with Gasteiger partial charge in [0.05, 0.1) is 5.52 Å². The van der Waals surface area contributed by atoms with E-state index in [1.807, 2.05) is 23.6 Å². The lowest BCUT2D eigenvalue weighted by atomic mass is 10.1. The number of fused-ring (bicyclic) bond motifs is 5. The molecule has 1 nitrogen and oxygen atoms in total. The van der Waals surface area contributed by atoms with E-state index >= 15 is 0 Å². The van der Waals surface area contributed by atoms with Gasteiger partial charge < -0.3 is 0 Å². The van der Waals surface area contributed by atoms with Gasteiger partial charge in [-0.25, -0.2) is 0 Å². The van der Waals surface area contributed by atoms with Crippen LogP contribution in [-0.2, 0) is 0 Å². The van der Waals surface area contributed by atoms with Crippen molar-refractivity contribution in [2.45, 2.75) is 0 Å². The summed E-state index contributed by atoms with van der Waals surface area (Å²) in [5.41, 5.74) is 1.11. The molecule has 0 N–H and O–H groups in total. The number of benzene rings is 2. The Labute approximate surface area is 102 Å². The van der Waals surface area contributed by atoms with Crippen LogP contribution in [0.25, 0.3) is 31.1 Å².